The summed E-state index contributed by atoms with van der Waals surface area (Å²) in [6, 6.07) is 16.6. The summed E-state index contributed by atoms with van der Waals surface area (Å²) in [5.41, 5.74) is 2.14. The molecule has 1 aliphatic heterocycles. The molecule has 1 amide bonds. The van der Waals surface area contributed by atoms with Crippen molar-refractivity contribution in [2.45, 2.75) is 49.8 Å². The van der Waals surface area contributed by atoms with Crippen LogP contribution < -0.4 is 5.32 Å². The molecule has 0 spiro atoms. The van der Waals surface area contributed by atoms with E-state index in [9.17, 15) is 23.9 Å². The topological polar surface area (TPSA) is 116 Å². The van der Waals surface area contributed by atoms with Crippen molar-refractivity contribution in [3.8, 4) is 11.1 Å². The van der Waals surface area contributed by atoms with Crippen LogP contribution in [0.3, 0.4) is 0 Å². The average molecular weight is 625 g/mol. The van der Waals surface area contributed by atoms with E-state index in [0.29, 0.717) is 17.7 Å². The van der Waals surface area contributed by atoms with E-state index in [4.69, 9.17) is 5.11 Å². The lowest BCUT2D eigenvalue weighted by molar-refractivity contribution is -0.139. The van der Waals surface area contributed by atoms with Crippen LogP contribution in [0.2, 0.25) is 0 Å². The Morgan fingerprint density at radius 2 is 1.72 bits per heavy atom. The highest BCUT2D eigenvalue weighted by Crippen LogP contribution is 2.32. The molecular weight excluding hydrogens is 594 g/mol. The smallest absolute Gasteiger partial charge is 0.311 e. The van der Waals surface area contributed by atoms with Crippen molar-refractivity contribution in [2.24, 2.45) is 4.99 Å². The Kier molecular flexibility index (Phi) is 11.1. The number of carbonyl (C=O) groups excluding carboxylic acids is 1. The fourth-order valence-corrected chi connectivity index (χ4v) is 6.19. The fourth-order valence-electron chi connectivity index (χ4n) is 4.45. The lowest BCUT2D eigenvalue weighted by atomic mass is 9.96. The van der Waals surface area contributed by atoms with Crippen molar-refractivity contribution >= 4 is 58.3 Å². The van der Waals surface area contributed by atoms with Gasteiger partial charge in [-0.05, 0) is 84.3 Å². The van der Waals surface area contributed by atoms with Crippen molar-refractivity contribution in [1.82, 2.24) is 0 Å². The summed E-state index contributed by atoms with van der Waals surface area (Å²) in [6.45, 7) is 1.67. The Labute approximate surface area is 256 Å². The number of hydrogen-bond acceptors (Lipinski definition) is 6. The number of rotatable bonds is 13. The van der Waals surface area contributed by atoms with E-state index in [1.807, 2.05) is 24.3 Å². The van der Waals surface area contributed by atoms with E-state index in [-0.39, 0.29) is 34.0 Å². The van der Waals surface area contributed by atoms with Gasteiger partial charge in [0.05, 0.1) is 10.8 Å². The Balaban J connectivity index is 1.35. The Bertz CT molecular complexity index is 1570. The first kappa shape index (κ1) is 32.0. The molecule has 11 heteroatoms. The molecule has 1 atom stereocenters. The monoisotopic (exact) mass is 624 g/mol. The minimum absolute atomic E-state index is 0.0775. The standard InChI is InChI=1S/C32H30F2N2O5S2/c1-2-24(31(40)41)25-14-11-22(18-27(25)34)35-32-36-30(39)28(43-32)17-21-8-7-20(16-26(21)33)19-9-12-23(13-10-19)42-15-5-3-4-6-29(37)38/h7-14,16-18,24H,2-6,15H2,1H3,(H,37,38)(H,40,41)(H,35,36,39). The molecule has 0 aromatic heterocycles. The summed E-state index contributed by atoms with van der Waals surface area (Å²) < 4.78 is 29.7. The predicted molar refractivity (Wildman–Crippen MR) is 167 cm³/mol. The molecular formula is C32H30F2N2O5S2. The highest BCUT2D eigenvalue weighted by Gasteiger charge is 2.24. The van der Waals surface area contributed by atoms with Crippen molar-refractivity contribution in [3.05, 3.63) is 88.3 Å². The molecule has 0 bridgehead atoms. The summed E-state index contributed by atoms with van der Waals surface area (Å²) in [4.78, 5) is 39.7. The normalized spacial score (nSPS) is 14.5. The molecule has 0 radical (unpaired) electrons. The number of carboxylic acids is 2. The van der Waals surface area contributed by atoms with E-state index < -0.39 is 35.4 Å². The van der Waals surface area contributed by atoms with Crippen LogP contribution in [0.15, 0.2) is 75.5 Å². The number of aliphatic carboxylic acids is 2. The number of thioether (sulfide) groups is 2. The van der Waals surface area contributed by atoms with E-state index in [2.05, 4.69) is 10.3 Å². The molecule has 4 rings (SSSR count). The minimum Gasteiger partial charge on any atom is -0.481 e. The zero-order chi connectivity index (χ0) is 30.9. The number of carboxylic acid groups (broad SMARTS) is 2. The Hall–Kier alpha value is -3.96. The van der Waals surface area contributed by atoms with Gasteiger partial charge in [-0.25, -0.2) is 8.78 Å². The molecule has 1 unspecified atom stereocenters. The molecule has 224 valence electrons. The molecule has 3 aromatic rings. The number of hydrogen-bond donors (Lipinski definition) is 3. The molecule has 3 aromatic carbocycles. The third-order valence-electron chi connectivity index (χ3n) is 6.73. The van der Waals surface area contributed by atoms with Crippen molar-refractivity contribution in [2.75, 3.05) is 11.1 Å². The highest BCUT2D eigenvalue weighted by molar-refractivity contribution is 8.18. The number of aliphatic imine (C=N–C) groups is 1. The van der Waals surface area contributed by atoms with E-state index in [1.165, 1.54) is 24.3 Å². The Morgan fingerprint density at radius 3 is 2.37 bits per heavy atom. The number of amides is 1. The zero-order valence-corrected chi connectivity index (χ0v) is 24.9. The number of nitrogens with zero attached hydrogens (tertiary/aromatic N) is 1. The van der Waals surface area contributed by atoms with E-state index >= 15 is 4.39 Å². The summed E-state index contributed by atoms with van der Waals surface area (Å²) in [5, 5.41) is 21.1. The number of unbranched alkanes of at least 4 members (excludes halogenated alkanes) is 2. The van der Waals surface area contributed by atoms with Gasteiger partial charge in [-0.2, -0.15) is 4.99 Å². The van der Waals surface area contributed by atoms with Crippen LogP contribution >= 0.6 is 23.5 Å². The number of anilines is 1. The van der Waals surface area contributed by atoms with Gasteiger partial charge in [-0.1, -0.05) is 43.7 Å². The second-order valence-corrected chi connectivity index (χ2v) is 12.0. The van der Waals surface area contributed by atoms with Gasteiger partial charge < -0.3 is 15.5 Å². The molecule has 7 nitrogen and oxygen atoms in total. The van der Waals surface area contributed by atoms with Gasteiger partial charge in [-0.15, -0.1) is 11.8 Å². The highest BCUT2D eigenvalue weighted by atomic mass is 32.2. The third kappa shape index (κ3) is 8.77. The predicted octanol–water partition coefficient (Wildman–Crippen LogP) is 8.03. The van der Waals surface area contributed by atoms with Crippen LogP contribution in [0, 0.1) is 11.6 Å². The van der Waals surface area contributed by atoms with Gasteiger partial charge in [0.15, 0.2) is 5.17 Å². The summed E-state index contributed by atoms with van der Waals surface area (Å²) in [6.07, 6.45) is 4.35. The summed E-state index contributed by atoms with van der Waals surface area (Å²) >= 11 is 2.69. The molecule has 43 heavy (non-hydrogen) atoms. The van der Waals surface area contributed by atoms with Crippen LogP contribution in [0.4, 0.5) is 14.5 Å². The molecule has 0 saturated carbocycles. The lowest BCUT2D eigenvalue weighted by Gasteiger charge is -2.13. The number of benzene rings is 3. The second kappa shape index (κ2) is 15.0. The maximum absolute atomic E-state index is 15.0. The maximum atomic E-state index is 15.0. The van der Waals surface area contributed by atoms with Gasteiger partial charge in [-0.3, -0.25) is 14.4 Å². The van der Waals surface area contributed by atoms with Gasteiger partial charge in [0.1, 0.15) is 11.6 Å². The molecule has 3 N–H and O–H groups in total. The van der Waals surface area contributed by atoms with Gasteiger partial charge in [0.25, 0.3) is 5.91 Å². The molecule has 0 fully saturated rings. The third-order valence-corrected chi connectivity index (χ3v) is 8.73. The second-order valence-electron chi connectivity index (χ2n) is 9.81. The average Bonchev–Trinajstić information content (AvgIpc) is 3.31. The van der Waals surface area contributed by atoms with Crippen molar-refractivity contribution in [1.29, 1.82) is 0 Å². The number of nitrogens with one attached hydrogen (secondary N) is 1. The van der Waals surface area contributed by atoms with Crippen LogP contribution in [-0.4, -0.2) is 39.0 Å². The van der Waals surface area contributed by atoms with Crippen LogP contribution in [-0.2, 0) is 14.4 Å². The first-order chi connectivity index (χ1) is 20.6. The molecule has 0 aliphatic carbocycles. The van der Waals surface area contributed by atoms with Crippen molar-refractivity contribution in [3.63, 3.8) is 0 Å². The van der Waals surface area contributed by atoms with Gasteiger partial charge in [0, 0.05) is 28.1 Å². The van der Waals surface area contributed by atoms with Gasteiger partial charge >= 0.3 is 11.9 Å². The molecule has 1 heterocycles. The minimum atomic E-state index is -1.11. The SMILES string of the molecule is CCC(C(=O)O)c1ccc(NC2=NC(=O)C(=Cc3ccc(-c4ccc(SCCCCCC(=O)O)cc4)cc3F)S2)cc1F. The van der Waals surface area contributed by atoms with E-state index in [1.54, 1.807) is 30.8 Å². The van der Waals surface area contributed by atoms with E-state index in [0.717, 1.165) is 46.9 Å². The fraction of sp³-hybridized carbons (Fsp3) is 0.250. The van der Waals surface area contributed by atoms with Gasteiger partial charge in [0.2, 0.25) is 0 Å². The quantitative estimate of drug-likeness (QED) is 0.0995. The first-order valence-corrected chi connectivity index (χ1v) is 15.5. The number of carbonyl (C=O) groups is 3. The number of amidine groups is 1. The van der Waals surface area contributed by atoms with Crippen LogP contribution in [0.25, 0.3) is 17.2 Å². The van der Waals surface area contributed by atoms with Crippen LogP contribution in [0.5, 0.6) is 0 Å². The number of halogens is 2. The maximum Gasteiger partial charge on any atom is 0.311 e. The van der Waals surface area contributed by atoms with Crippen LogP contribution in [0.1, 0.15) is 56.1 Å². The lowest BCUT2D eigenvalue weighted by Crippen LogP contribution is -2.13. The molecule has 1 aliphatic rings. The largest absolute Gasteiger partial charge is 0.481 e. The molecule has 0 saturated heterocycles. The van der Waals surface area contributed by atoms with Crippen molar-refractivity contribution < 1.29 is 33.4 Å². The first-order valence-electron chi connectivity index (χ1n) is 13.7. The summed E-state index contributed by atoms with van der Waals surface area (Å²) in [7, 11) is 0. The summed E-state index contributed by atoms with van der Waals surface area (Å²) in [5.74, 6) is -3.67. The Morgan fingerprint density at radius 1 is 0.977 bits per heavy atom. The zero-order valence-electron chi connectivity index (χ0n) is 23.3.